The van der Waals surface area contributed by atoms with E-state index in [1.54, 1.807) is 12.1 Å². The predicted molar refractivity (Wildman–Crippen MR) is 89.2 cm³/mol. The molecular weight excluding hydrogens is 333 g/mol. The number of carbonyl (C=O) groups excluding carboxylic acids is 2. The van der Waals surface area contributed by atoms with Gasteiger partial charge in [-0.05, 0) is 42.0 Å². The monoisotopic (exact) mass is 349 g/mol. The maximum Gasteiger partial charge on any atom is 0.307 e. The van der Waals surface area contributed by atoms with Crippen LogP contribution in [0, 0.1) is 5.82 Å². The number of benzene rings is 2. The molecule has 1 amide bonds. The number of carbonyl (C=O) groups is 2. The lowest BCUT2D eigenvalue weighted by atomic mass is 10.1. The molecule has 0 heterocycles. The minimum Gasteiger partial charge on any atom is -0.469 e. The van der Waals surface area contributed by atoms with E-state index in [-0.39, 0.29) is 18.9 Å². The third kappa shape index (κ3) is 5.06. The van der Waals surface area contributed by atoms with Gasteiger partial charge in [-0.1, -0.05) is 23.7 Å². The molecular formula is C18H17ClFNO3. The average molecular weight is 350 g/mol. The summed E-state index contributed by atoms with van der Waals surface area (Å²) in [5.74, 6) is -1.10. The van der Waals surface area contributed by atoms with Gasteiger partial charge in [-0.25, -0.2) is 4.39 Å². The van der Waals surface area contributed by atoms with E-state index in [1.165, 1.54) is 36.3 Å². The first kappa shape index (κ1) is 17.9. The lowest BCUT2D eigenvalue weighted by Gasteiger charge is -2.22. The van der Waals surface area contributed by atoms with Crippen LogP contribution in [-0.2, 0) is 16.1 Å². The molecule has 2 aromatic carbocycles. The zero-order valence-electron chi connectivity index (χ0n) is 13.2. The number of hydrogen-bond donors (Lipinski definition) is 0. The fraction of sp³-hybridized carbons (Fsp3) is 0.222. The van der Waals surface area contributed by atoms with Crippen molar-refractivity contribution in [3.8, 4) is 0 Å². The summed E-state index contributed by atoms with van der Waals surface area (Å²) in [5.41, 5.74) is 1.23. The lowest BCUT2D eigenvalue weighted by molar-refractivity contribution is -0.140. The van der Waals surface area contributed by atoms with Crippen molar-refractivity contribution in [3.05, 3.63) is 70.5 Å². The first-order valence-corrected chi connectivity index (χ1v) is 7.73. The molecule has 0 N–H and O–H groups in total. The van der Waals surface area contributed by atoms with Gasteiger partial charge < -0.3 is 9.64 Å². The van der Waals surface area contributed by atoms with Crippen molar-refractivity contribution in [3.63, 3.8) is 0 Å². The molecule has 0 fully saturated rings. The molecule has 0 aromatic heterocycles. The topological polar surface area (TPSA) is 46.6 Å². The van der Waals surface area contributed by atoms with Gasteiger partial charge in [0.15, 0.2) is 0 Å². The number of ether oxygens (including phenoxy) is 1. The van der Waals surface area contributed by atoms with Gasteiger partial charge in [-0.2, -0.15) is 0 Å². The van der Waals surface area contributed by atoms with E-state index >= 15 is 0 Å². The van der Waals surface area contributed by atoms with E-state index in [2.05, 4.69) is 4.74 Å². The third-order valence-electron chi connectivity index (χ3n) is 3.48. The molecule has 2 rings (SSSR count). The second kappa shape index (κ2) is 8.45. The molecule has 0 atom stereocenters. The number of hydrogen-bond acceptors (Lipinski definition) is 3. The van der Waals surface area contributed by atoms with Crippen LogP contribution in [0.25, 0.3) is 0 Å². The summed E-state index contributed by atoms with van der Waals surface area (Å²) >= 11 is 5.87. The number of rotatable bonds is 6. The van der Waals surface area contributed by atoms with Crippen LogP contribution in [0.2, 0.25) is 5.02 Å². The third-order valence-corrected chi connectivity index (χ3v) is 3.73. The SMILES string of the molecule is COC(=O)CCN(Cc1ccc(Cl)cc1)C(=O)c1ccc(F)cc1. The molecule has 126 valence electrons. The maximum atomic E-state index is 13.0. The van der Waals surface area contributed by atoms with Crippen LogP contribution < -0.4 is 0 Å². The normalized spacial score (nSPS) is 10.3. The Balaban J connectivity index is 2.17. The first-order valence-electron chi connectivity index (χ1n) is 7.35. The van der Waals surface area contributed by atoms with Crippen LogP contribution in [0.3, 0.4) is 0 Å². The summed E-state index contributed by atoms with van der Waals surface area (Å²) in [6, 6.07) is 12.4. The number of amides is 1. The molecule has 0 aliphatic heterocycles. The molecule has 0 bridgehead atoms. The van der Waals surface area contributed by atoms with Crippen LogP contribution in [0.15, 0.2) is 48.5 Å². The van der Waals surface area contributed by atoms with Crippen molar-refractivity contribution >= 4 is 23.5 Å². The highest BCUT2D eigenvalue weighted by atomic mass is 35.5. The Labute approximate surface area is 144 Å². The van der Waals surface area contributed by atoms with Crippen LogP contribution in [0.4, 0.5) is 4.39 Å². The fourth-order valence-corrected chi connectivity index (χ4v) is 2.29. The van der Waals surface area contributed by atoms with Gasteiger partial charge in [0.05, 0.1) is 13.5 Å². The van der Waals surface area contributed by atoms with Gasteiger partial charge in [0.2, 0.25) is 0 Å². The van der Waals surface area contributed by atoms with Gasteiger partial charge >= 0.3 is 5.97 Å². The Kier molecular flexibility index (Phi) is 6.32. The lowest BCUT2D eigenvalue weighted by Crippen LogP contribution is -2.32. The Hall–Kier alpha value is -2.40. The summed E-state index contributed by atoms with van der Waals surface area (Å²) in [6.45, 7) is 0.510. The molecule has 0 aliphatic rings. The molecule has 2 aromatic rings. The van der Waals surface area contributed by atoms with E-state index in [0.717, 1.165) is 5.56 Å². The summed E-state index contributed by atoms with van der Waals surface area (Å²) in [6.07, 6.45) is 0.0804. The van der Waals surface area contributed by atoms with Crippen LogP contribution in [0.1, 0.15) is 22.3 Å². The van der Waals surface area contributed by atoms with Crippen LogP contribution in [0.5, 0.6) is 0 Å². The maximum absolute atomic E-state index is 13.0. The standard InChI is InChI=1S/C18H17ClFNO3/c1-24-17(22)10-11-21(12-13-2-6-15(19)7-3-13)18(23)14-4-8-16(20)9-5-14/h2-9H,10-12H2,1H3. The van der Waals surface area contributed by atoms with E-state index in [0.29, 0.717) is 17.1 Å². The second-order valence-electron chi connectivity index (χ2n) is 5.19. The summed E-state index contributed by atoms with van der Waals surface area (Å²) in [5, 5.41) is 0.602. The van der Waals surface area contributed by atoms with Gasteiger partial charge in [-0.15, -0.1) is 0 Å². The molecule has 4 nitrogen and oxygen atoms in total. The first-order chi connectivity index (χ1) is 11.5. The van der Waals surface area contributed by atoms with Crippen molar-refractivity contribution < 1.29 is 18.7 Å². The molecule has 6 heteroatoms. The van der Waals surface area contributed by atoms with Gasteiger partial charge in [-0.3, -0.25) is 9.59 Å². The fourth-order valence-electron chi connectivity index (χ4n) is 2.17. The number of halogens is 2. The van der Waals surface area contributed by atoms with Crippen molar-refractivity contribution in [2.75, 3.05) is 13.7 Å². The van der Waals surface area contributed by atoms with E-state index in [9.17, 15) is 14.0 Å². The van der Waals surface area contributed by atoms with Gasteiger partial charge in [0.25, 0.3) is 5.91 Å². The highest BCUT2D eigenvalue weighted by molar-refractivity contribution is 6.30. The van der Waals surface area contributed by atoms with E-state index in [4.69, 9.17) is 11.6 Å². The van der Waals surface area contributed by atoms with Crippen molar-refractivity contribution in [2.24, 2.45) is 0 Å². The van der Waals surface area contributed by atoms with Crippen molar-refractivity contribution in [1.29, 1.82) is 0 Å². The Bertz CT molecular complexity index is 701. The predicted octanol–water partition coefficient (Wildman–Crippen LogP) is 3.68. The van der Waals surface area contributed by atoms with Crippen LogP contribution >= 0.6 is 11.6 Å². The van der Waals surface area contributed by atoms with Crippen molar-refractivity contribution in [2.45, 2.75) is 13.0 Å². The van der Waals surface area contributed by atoms with Crippen molar-refractivity contribution in [1.82, 2.24) is 4.90 Å². The molecule has 0 unspecified atom stereocenters. The largest absolute Gasteiger partial charge is 0.469 e. The molecule has 0 saturated heterocycles. The average Bonchev–Trinajstić information content (AvgIpc) is 2.60. The van der Waals surface area contributed by atoms with E-state index < -0.39 is 11.8 Å². The minimum absolute atomic E-state index is 0.0804. The number of esters is 1. The highest BCUT2D eigenvalue weighted by Crippen LogP contribution is 2.14. The summed E-state index contributed by atoms with van der Waals surface area (Å²) < 4.78 is 17.7. The quantitative estimate of drug-likeness (QED) is 0.747. The van der Waals surface area contributed by atoms with Gasteiger partial charge in [0, 0.05) is 23.7 Å². The molecule has 24 heavy (non-hydrogen) atoms. The Morgan fingerprint density at radius 1 is 1.08 bits per heavy atom. The number of methoxy groups -OCH3 is 1. The smallest absolute Gasteiger partial charge is 0.307 e. The molecule has 0 saturated carbocycles. The summed E-state index contributed by atoms with van der Waals surface area (Å²) in [7, 11) is 1.30. The Morgan fingerprint density at radius 3 is 2.29 bits per heavy atom. The highest BCUT2D eigenvalue weighted by Gasteiger charge is 2.17. The van der Waals surface area contributed by atoms with Gasteiger partial charge in [0.1, 0.15) is 5.82 Å². The van der Waals surface area contributed by atoms with E-state index in [1.807, 2.05) is 12.1 Å². The number of nitrogens with zero attached hydrogens (tertiary/aromatic N) is 1. The Morgan fingerprint density at radius 2 is 1.71 bits per heavy atom. The molecule has 0 radical (unpaired) electrons. The summed E-state index contributed by atoms with van der Waals surface area (Å²) in [4.78, 5) is 25.6. The molecule has 0 spiro atoms. The zero-order chi connectivity index (χ0) is 17.5. The molecule has 0 aliphatic carbocycles. The second-order valence-corrected chi connectivity index (χ2v) is 5.62. The zero-order valence-corrected chi connectivity index (χ0v) is 13.9. The van der Waals surface area contributed by atoms with Crippen LogP contribution in [-0.4, -0.2) is 30.4 Å². The minimum atomic E-state index is -0.412.